The molecule has 1 saturated heterocycles. The summed E-state index contributed by atoms with van der Waals surface area (Å²) in [5.41, 5.74) is 10.9. The predicted molar refractivity (Wildman–Crippen MR) is 190 cm³/mol. The Bertz CT molecular complexity index is 1670. The number of rotatable bonds is 14. The van der Waals surface area contributed by atoms with Crippen LogP contribution in [0.2, 0.25) is 0 Å². The number of benzene rings is 4. The van der Waals surface area contributed by atoms with Gasteiger partial charge in [0.1, 0.15) is 0 Å². The van der Waals surface area contributed by atoms with Crippen LogP contribution in [0.3, 0.4) is 0 Å². The van der Waals surface area contributed by atoms with E-state index in [2.05, 4.69) is 15.5 Å². The summed E-state index contributed by atoms with van der Waals surface area (Å²) in [5.74, 6) is -0.411. The number of aliphatic hydroxyl groups excluding tert-OH is 2. The van der Waals surface area contributed by atoms with Crippen LogP contribution >= 0.6 is 0 Å². The fourth-order valence-electron chi connectivity index (χ4n) is 5.91. The van der Waals surface area contributed by atoms with Crippen LogP contribution in [0.15, 0.2) is 103 Å². The van der Waals surface area contributed by atoms with Crippen LogP contribution in [-0.4, -0.2) is 52.7 Å². The number of carbonyl (C=O) groups excluding carboxylic acids is 2. The molecule has 1 aliphatic rings. The largest absolute Gasteiger partial charge is 0.397 e. The van der Waals surface area contributed by atoms with Gasteiger partial charge in [0, 0.05) is 43.1 Å². The van der Waals surface area contributed by atoms with Gasteiger partial charge in [-0.25, -0.2) is 0 Å². The van der Waals surface area contributed by atoms with E-state index in [0.29, 0.717) is 36.4 Å². The number of nitrogens with zero attached hydrogens (tertiary/aromatic N) is 1. The molecule has 10 heteroatoms. The van der Waals surface area contributed by atoms with Crippen LogP contribution in [0.5, 0.6) is 0 Å². The number of anilines is 3. The molecule has 1 fully saturated rings. The fourth-order valence-corrected chi connectivity index (χ4v) is 5.91. The first-order valence-corrected chi connectivity index (χ1v) is 16.7. The molecular formula is C39H46N4O6. The van der Waals surface area contributed by atoms with Gasteiger partial charge in [-0.3, -0.25) is 14.5 Å². The third kappa shape index (κ3) is 9.97. The second-order valence-corrected chi connectivity index (χ2v) is 12.5. The number of nitrogens with one attached hydrogen (secondary N) is 2. The Morgan fingerprint density at radius 1 is 0.878 bits per heavy atom. The van der Waals surface area contributed by atoms with Crippen molar-refractivity contribution < 1.29 is 29.3 Å². The molecule has 49 heavy (non-hydrogen) atoms. The van der Waals surface area contributed by atoms with Gasteiger partial charge in [-0.05, 0) is 61.3 Å². The Labute approximate surface area is 287 Å². The first-order valence-electron chi connectivity index (χ1n) is 16.7. The average Bonchev–Trinajstić information content (AvgIpc) is 3.12. The zero-order valence-corrected chi connectivity index (χ0v) is 28.0. The summed E-state index contributed by atoms with van der Waals surface area (Å²) < 4.78 is 13.0. The molecule has 2 amide bonds. The molecule has 258 valence electrons. The van der Waals surface area contributed by atoms with Crippen molar-refractivity contribution in [2.75, 3.05) is 30.0 Å². The van der Waals surface area contributed by atoms with E-state index in [1.54, 1.807) is 30.3 Å². The SMILES string of the molecule is C[C@H]([C@@H](O)c1ccccc1)N(C)C[C@@H]1C[C@H](c2ccc(CO)cc2)O[C@H](c2cccc(NC(=O)CCCC(=O)Nc3ccccc3N)c2)O1. The lowest BCUT2D eigenvalue weighted by Gasteiger charge is -2.39. The first-order chi connectivity index (χ1) is 23.7. The maximum Gasteiger partial charge on any atom is 0.224 e. The highest BCUT2D eigenvalue weighted by Gasteiger charge is 2.34. The monoisotopic (exact) mass is 666 g/mol. The van der Waals surface area contributed by atoms with Crippen LogP contribution in [-0.2, 0) is 25.7 Å². The maximum atomic E-state index is 12.8. The predicted octanol–water partition coefficient (Wildman–Crippen LogP) is 6.11. The van der Waals surface area contributed by atoms with Crippen molar-refractivity contribution in [3.8, 4) is 0 Å². The molecule has 0 bridgehead atoms. The standard InChI is InChI=1S/C39H46N4O6/c1-26(38(47)29-10-4-3-5-11-29)43(2)24-32-23-35(28-20-18-27(25-44)19-21-28)49-39(48-32)30-12-8-13-31(22-30)41-36(45)16-9-17-37(46)42-34-15-7-6-14-33(34)40/h3-8,10-15,18-22,26,32,35,38-39,44,47H,9,16-17,23-25,40H2,1-2H3,(H,41,45)(H,42,46)/t26-,32+,35-,38-,39-/m1/s1. The van der Waals surface area contributed by atoms with Crippen molar-refractivity contribution in [3.63, 3.8) is 0 Å². The molecule has 5 atom stereocenters. The number of carbonyl (C=O) groups is 2. The minimum Gasteiger partial charge on any atom is -0.397 e. The molecule has 10 nitrogen and oxygen atoms in total. The summed E-state index contributed by atoms with van der Waals surface area (Å²) >= 11 is 0. The Morgan fingerprint density at radius 3 is 2.29 bits per heavy atom. The van der Waals surface area contributed by atoms with Gasteiger partial charge in [0.2, 0.25) is 11.8 Å². The summed E-state index contributed by atoms with van der Waals surface area (Å²) in [5, 5.41) is 26.3. The van der Waals surface area contributed by atoms with Crippen molar-refractivity contribution in [1.29, 1.82) is 0 Å². The normalized spacial score (nSPS) is 18.8. The van der Waals surface area contributed by atoms with E-state index < -0.39 is 12.4 Å². The lowest BCUT2D eigenvalue weighted by atomic mass is 9.98. The molecule has 0 unspecified atom stereocenters. The number of nitrogens with two attached hydrogens (primary N) is 1. The van der Waals surface area contributed by atoms with Gasteiger partial charge < -0.3 is 36.1 Å². The number of hydrogen-bond donors (Lipinski definition) is 5. The highest BCUT2D eigenvalue weighted by molar-refractivity contribution is 5.94. The highest BCUT2D eigenvalue weighted by atomic mass is 16.7. The molecule has 1 aliphatic heterocycles. The highest BCUT2D eigenvalue weighted by Crippen LogP contribution is 2.39. The summed E-state index contributed by atoms with van der Waals surface area (Å²) in [4.78, 5) is 27.3. The molecule has 0 radical (unpaired) electrons. The summed E-state index contributed by atoms with van der Waals surface area (Å²) in [6.45, 7) is 2.51. The molecule has 0 spiro atoms. The van der Waals surface area contributed by atoms with Gasteiger partial charge in [0.15, 0.2) is 6.29 Å². The summed E-state index contributed by atoms with van der Waals surface area (Å²) in [6, 6.07) is 31.6. The Morgan fingerprint density at radius 2 is 1.57 bits per heavy atom. The molecule has 1 heterocycles. The Balaban J connectivity index is 1.23. The number of ether oxygens (including phenoxy) is 2. The lowest BCUT2D eigenvalue weighted by Crippen LogP contribution is -2.43. The van der Waals surface area contributed by atoms with Crippen LogP contribution < -0.4 is 16.4 Å². The molecule has 4 aromatic rings. The molecule has 5 rings (SSSR count). The maximum absolute atomic E-state index is 12.8. The molecule has 0 aromatic heterocycles. The van der Waals surface area contributed by atoms with E-state index in [9.17, 15) is 19.8 Å². The quantitative estimate of drug-likeness (QED) is 0.101. The van der Waals surface area contributed by atoms with Crippen molar-refractivity contribution in [2.24, 2.45) is 0 Å². The number of para-hydroxylation sites is 2. The van der Waals surface area contributed by atoms with Crippen LogP contribution in [0.1, 0.15) is 73.4 Å². The van der Waals surface area contributed by atoms with Crippen LogP contribution in [0, 0.1) is 0 Å². The second-order valence-electron chi connectivity index (χ2n) is 12.5. The number of nitrogen functional groups attached to an aromatic ring is 1. The summed E-state index contributed by atoms with van der Waals surface area (Å²) in [6.07, 6.45) is -0.566. The van der Waals surface area contributed by atoms with E-state index in [0.717, 1.165) is 22.3 Å². The number of hydrogen-bond acceptors (Lipinski definition) is 8. The van der Waals surface area contributed by atoms with E-state index >= 15 is 0 Å². The minimum absolute atomic E-state index is 0.0406. The number of aliphatic hydroxyl groups is 2. The smallest absolute Gasteiger partial charge is 0.224 e. The zero-order valence-electron chi connectivity index (χ0n) is 28.0. The van der Waals surface area contributed by atoms with Crippen molar-refractivity contribution in [3.05, 3.63) is 125 Å². The first kappa shape index (κ1) is 35.7. The van der Waals surface area contributed by atoms with E-state index in [1.165, 1.54) is 0 Å². The average molecular weight is 667 g/mol. The fraction of sp³-hybridized carbons (Fsp3) is 0.333. The van der Waals surface area contributed by atoms with Crippen LogP contribution in [0.25, 0.3) is 0 Å². The molecular weight excluding hydrogens is 620 g/mol. The molecule has 6 N–H and O–H groups in total. The van der Waals surface area contributed by atoms with Gasteiger partial charge in [-0.1, -0.05) is 78.9 Å². The number of likely N-dealkylation sites (N-methyl/N-ethyl adjacent to an activating group) is 1. The second kappa shape index (κ2) is 17.2. The van der Waals surface area contributed by atoms with E-state index in [-0.39, 0.29) is 49.5 Å². The van der Waals surface area contributed by atoms with Gasteiger partial charge in [-0.15, -0.1) is 0 Å². The topological polar surface area (TPSA) is 146 Å². The third-order valence-electron chi connectivity index (χ3n) is 8.88. The van der Waals surface area contributed by atoms with Gasteiger partial charge >= 0.3 is 0 Å². The third-order valence-corrected chi connectivity index (χ3v) is 8.88. The molecule has 4 aromatic carbocycles. The van der Waals surface area contributed by atoms with Crippen LogP contribution in [0.4, 0.5) is 17.1 Å². The Hall–Kier alpha value is -4.58. The zero-order chi connectivity index (χ0) is 34.8. The molecule has 0 saturated carbocycles. The van der Waals surface area contributed by atoms with Crippen molar-refractivity contribution in [1.82, 2.24) is 4.90 Å². The summed E-state index contributed by atoms with van der Waals surface area (Å²) in [7, 11) is 1.98. The van der Waals surface area contributed by atoms with Crippen molar-refractivity contribution in [2.45, 2.75) is 69.9 Å². The van der Waals surface area contributed by atoms with E-state index in [4.69, 9.17) is 15.2 Å². The minimum atomic E-state index is -0.713. The van der Waals surface area contributed by atoms with Crippen molar-refractivity contribution >= 4 is 28.9 Å². The lowest BCUT2D eigenvalue weighted by molar-refractivity contribution is -0.253. The number of amides is 2. The van der Waals surface area contributed by atoms with E-state index in [1.807, 2.05) is 86.8 Å². The van der Waals surface area contributed by atoms with Gasteiger partial charge in [-0.2, -0.15) is 0 Å². The molecule has 0 aliphatic carbocycles. The van der Waals surface area contributed by atoms with Gasteiger partial charge in [0.05, 0.1) is 36.3 Å². The van der Waals surface area contributed by atoms with Gasteiger partial charge in [0.25, 0.3) is 0 Å². The Kier molecular flexibility index (Phi) is 12.5.